The molecule has 0 spiro atoms. The van der Waals surface area contributed by atoms with E-state index in [0.717, 1.165) is 5.56 Å². The van der Waals surface area contributed by atoms with Crippen molar-refractivity contribution in [2.24, 2.45) is 0 Å². The van der Waals surface area contributed by atoms with E-state index in [2.05, 4.69) is 10.3 Å². The van der Waals surface area contributed by atoms with E-state index in [1.54, 1.807) is 31.2 Å². The van der Waals surface area contributed by atoms with Crippen molar-refractivity contribution in [1.29, 1.82) is 0 Å². The monoisotopic (exact) mass is 292 g/mol. The van der Waals surface area contributed by atoms with E-state index in [0.29, 0.717) is 10.7 Å². The molecular formula is C14H13ClN2O3. The molecule has 0 bridgehead atoms. The minimum atomic E-state index is -1.08. The van der Waals surface area contributed by atoms with Crippen molar-refractivity contribution in [3.63, 3.8) is 0 Å². The first kappa shape index (κ1) is 14.1. The minimum Gasteiger partial charge on any atom is -0.478 e. The van der Waals surface area contributed by atoms with Crippen molar-refractivity contribution >= 4 is 29.2 Å². The van der Waals surface area contributed by atoms with Gasteiger partial charge in [0.15, 0.2) is 0 Å². The summed E-state index contributed by atoms with van der Waals surface area (Å²) in [4.78, 5) is 25.8. The molecule has 3 N–H and O–H groups in total. The number of aromatic amines is 1. The maximum absolute atomic E-state index is 11.9. The molecular weight excluding hydrogens is 280 g/mol. The van der Waals surface area contributed by atoms with Gasteiger partial charge in [0.1, 0.15) is 5.56 Å². The number of rotatable bonds is 4. The fourth-order valence-electron chi connectivity index (χ4n) is 1.93. The topological polar surface area (TPSA) is 82.2 Å². The third-order valence-electron chi connectivity index (χ3n) is 2.82. The van der Waals surface area contributed by atoms with E-state index in [4.69, 9.17) is 16.7 Å². The number of halogens is 1. The summed E-state index contributed by atoms with van der Waals surface area (Å²) in [5.41, 5.74) is 1.60. The maximum atomic E-state index is 11.9. The molecule has 1 aromatic heterocycles. The second-order valence-electron chi connectivity index (χ2n) is 4.36. The maximum Gasteiger partial charge on any atom is 0.339 e. The summed E-state index contributed by atoms with van der Waals surface area (Å²) in [5.74, 6) is -1.38. The molecule has 2 rings (SSSR count). The van der Waals surface area contributed by atoms with Gasteiger partial charge < -0.3 is 15.4 Å². The Morgan fingerprint density at radius 2 is 2.15 bits per heavy atom. The summed E-state index contributed by atoms with van der Waals surface area (Å²) in [5, 5.41) is 12.2. The largest absolute Gasteiger partial charge is 0.478 e. The standard InChI is InChI=1S/C14H13ClN2O3/c1-8-13(14(19)20)11(7-16-8)17-12(18)6-9-3-2-4-10(15)5-9/h2-5,7,16H,6H2,1H3,(H,17,18)(H,19,20). The number of aromatic carboxylic acids is 1. The SMILES string of the molecule is Cc1[nH]cc(NC(=O)Cc2cccc(Cl)c2)c1C(=O)O. The van der Waals surface area contributed by atoms with Gasteiger partial charge in [0.2, 0.25) is 5.91 Å². The summed E-state index contributed by atoms with van der Waals surface area (Å²) in [6, 6.07) is 6.96. The fourth-order valence-corrected chi connectivity index (χ4v) is 2.14. The molecule has 0 radical (unpaired) electrons. The molecule has 104 valence electrons. The van der Waals surface area contributed by atoms with Crippen LogP contribution in [0.2, 0.25) is 5.02 Å². The van der Waals surface area contributed by atoms with Crippen molar-refractivity contribution in [3.8, 4) is 0 Å². The highest BCUT2D eigenvalue weighted by Crippen LogP contribution is 2.19. The predicted molar refractivity (Wildman–Crippen MR) is 76.3 cm³/mol. The van der Waals surface area contributed by atoms with Gasteiger partial charge in [-0.1, -0.05) is 23.7 Å². The first-order valence-electron chi connectivity index (χ1n) is 5.93. The number of H-pyrrole nitrogens is 1. The summed E-state index contributed by atoms with van der Waals surface area (Å²) in [7, 11) is 0. The Hall–Kier alpha value is -2.27. The van der Waals surface area contributed by atoms with Gasteiger partial charge in [-0.15, -0.1) is 0 Å². The molecule has 20 heavy (non-hydrogen) atoms. The average molecular weight is 293 g/mol. The van der Waals surface area contributed by atoms with E-state index < -0.39 is 5.97 Å². The number of nitrogens with one attached hydrogen (secondary N) is 2. The van der Waals surface area contributed by atoms with Crippen LogP contribution in [0.4, 0.5) is 5.69 Å². The Morgan fingerprint density at radius 3 is 2.80 bits per heavy atom. The molecule has 2 aromatic rings. The van der Waals surface area contributed by atoms with Gasteiger partial charge in [-0.3, -0.25) is 4.79 Å². The highest BCUT2D eigenvalue weighted by Gasteiger charge is 2.17. The zero-order valence-corrected chi connectivity index (χ0v) is 11.5. The fraction of sp³-hybridized carbons (Fsp3) is 0.143. The molecule has 0 saturated heterocycles. The molecule has 0 aliphatic rings. The van der Waals surface area contributed by atoms with Crippen LogP contribution in [0.15, 0.2) is 30.5 Å². The quantitative estimate of drug-likeness (QED) is 0.810. The zero-order chi connectivity index (χ0) is 14.7. The highest BCUT2D eigenvalue weighted by molar-refractivity contribution is 6.30. The van der Waals surface area contributed by atoms with E-state index >= 15 is 0 Å². The number of carboxylic acids is 1. The van der Waals surface area contributed by atoms with Crippen LogP contribution in [0, 0.1) is 6.92 Å². The van der Waals surface area contributed by atoms with E-state index in [1.807, 2.05) is 0 Å². The van der Waals surface area contributed by atoms with E-state index in [9.17, 15) is 9.59 Å². The lowest BCUT2D eigenvalue weighted by Gasteiger charge is -2.05. The number of benzene rings is 1. The summed E-state index contributed by atoms with van der Waals surface area (Å²) in [6.45, 7) is 1.63. The van der Waals surface area contributed by atoms with Gasteiger partial charge in [0.05, 0.1) is 12.1 Å². The van der Waals surface area contributed by atoms with Crippen LogP contribution in [-0.2, 0) is 11.2 Å². The Kier molecular flexibility index (Phi) is 4.10. The van der Waals surface area contributed by atoms with Crippen LogP contribution in [0.1, 0.15) is 21.6 Å². The Labute approximate surface area is 120 Å². The van der Waals surface area contributed by atoms with Crippen LogP contribution in [0.3, 0.4) is 0 Å². The van der Waals surface area contributed by atoms with Gasteiger partial charge in [-0.05, 0) is 24.6 Å². The Balaban J connectivity index is 2.11. The molecule has 0 saturated carbocycles. The number of amides is 1. The summed E-state index contributed by atoms with van der Waals surface area (Å²) < 4.78 is 0. The Bertz CT molecular complexity index is 664. The van der Waals surface area contributed by atoms with E-state index in [1.165, 1.54) is 6.20 Å². The summed E-state index contributed by atoms with van der Waals surface area (Å²) >= 11 is 5.84. The number of hydrogen-bond acceptors (Lipinski definition) is 2. The van der Waals surface area contributed by atoms with Gasteiger partial charge in [-0.2, -0.15) is 0 Å². The number of aromatic nitrogens is 1. The van der Waals surface area contributed by atoms with Crippen molar-refractivity contribution in [3.05, 3.63) is 52.3 Å². The third-order valence-corrected chi connectivity index (χ3v) is 3.05. The van der Waals surface area contributed by atoms with Crippen molar-refractivity contribution in [2.45, 2.75) is 13.3 Å². The molecule has 5 nitrogen and oxygen atoms in total. The van der Waals surface area contributed by atoms with Crippen LogP contribution in [-0.4, -0.2) is 22.0 Å². The molecule has 1 aromatic carbocycles. The van der Waals surface area contributed by atoms with Crippen molar-refractivity contribution in [1.82, 2.24) is 4.98 Å². The number of aryl methyl sites for hydroxylation is 1. The van der Waals surface area contributed by atoms with Crippen molar-refractivity contribution in [2.75, 3.05) is 5.32 Å². The highest BCUT2D eigenvalue weighted by atomic mass is 35.5. The molecule has 0 unspecified atom stereocenters. The van der Waals surface area contributed by atoms with Gasteiger partial charge in [-0.25, -0.2) is 4.79 Å². The van der Waals surface area contributed by atoms with Crippen LogP contribution in [0.5, 0.6) is 0 Å². The van der Waals surface area contributed by atoms with Crippen molar-refractivity contribution < 1.29 is 14.7 Å². The van der Waals surface area contributed by atoms with Crippen LogP contribution >= 0.6 is 11.6 Å². The number of carbonyl (C=O) groups is 2. The molecule has 0 atom stereocenters. The number of carboxylic acid groups (broad SMARTS) is 1. The molecule has 0 aliphatic heterocycles. The first-order chi connectivity index (χ1) is 9.47. The molecule has 1 heterocycles. The average Bonchev–Trinajstić information content (AvgIpc) is 2.70. The minimum absolute atomic E-state index is 0.0736. The second kappa shape index (κ2) is 5.79. The number of anilines is 1. The smallest absolute Gasteiger partial charge is 0.339 e. The molecule has 6 heteroatoms. The molecule has 0 fully saturated rings. The lowest BCUT2D eigenvalue weighted by molar-refractivity contribution is -0.115. The number of carbonyl (C=O) groups excluding carboxylic acids is 1. The zero-order valence-electron chi connectivity index (χ0n) is 10.7. The normalized spacial score (nSPS) is 10.3. The predicted octanol–water partition coefficient (Wildman–Crippen LogP) is 2.86. The Morgan fingerprint density at radius 1 is 1.40 bits per heavy atom. The summed E-state index contributed by atoms with van der Waals surface area (Å²) in [6.07, 6.45) is 1.60. The van der Waals surface area contributed by atoms with Crippen LogP contribution in [0.25, 0.3) is 0 Å². The van der Waals surface area contributed by atoms with E-state index in [-0.39, 0.29) is 23.6 Å². The lowest BCUT2D eigenvalue weighted by Crippen LogP contribution is -2.16. The van der Waals surface area contributed by atoms with Gasteiger partial charge >= 0.3 is 5.97 Å². The second-order valence-corrected chi connectivity index (χ2v) is 4.80. The van der Waals surface area contributed by atoms with Gasteiger partial charge in [0, 0.05) is 16.9 Å². The number of hydrogen-bond donors (Lipinski definition) is 3. The lowest BCUT2D eigenvalue weighted by atomic mass is 10.1. The first-order valence-corrected chi connectivity index (χ1v) is 6.30. The van der Waals surface area contributed by atoms with Crippen LogP contribution < -0.4 is 5.32 Å². The van der Waals surface area contributed by atoms with Gasteiger partial charge in [0.25, 0.3) is 0 Å². The molecule has 1 amide bonds. The third kappa shape index (κ3) is 3.19. The molecule has 0 aliphatic carbocycles.